The van der Waals surface area contributed by atoms with Crippen molar-refractivity contribution in [3.63, 3.8) is 0 Å². The quantitative estimate of drug-likeness (QED) is 0.390. The monoisotopic (exact) mass is 501 g/mol. The molecule has 0 saturated carbocycles. The second kappa shape index (κ2) is 9.69. The van der Waals surface area contributed by atoms with E-state index in [1.54, 1.807) is 0 Å². The van der Waals surface area contributed by atoms with Crippen molar-refractivity contribution >= 4 is 15.9 Å². The van der Waals surface area contributed by atoms with E-state index in [1.165, 1.54) is 30.3 Å². The molecule has 0 unspecified atom stereocenters. The third-order valence-electron chi connectivity index (χ3n) is 5.11. The highest BCUT2D eigenvalue weighted by atomic mass is 32.2. The van der Waals surface area contributed by atoms with Gasteiger partial charge in [-0.2, -0.15) is 26.9 Å². The number of nitriles is 1. The van der Waals surface area contributed by atoms with Gasteiger partial charge in [0.25, 0.3) is 0 Å². The molecule has 1 aliphatic rings. The van der Waals surface area contributed by atoms with Crippen molar-refractivity contribution < 1.29 is 50.6 Å². The van der Waals surface area contributed by atoms with Gasteiger partial charge in [-0.05, 0) is 41.3 Å². The molecule has 0 aliphatic carbocycles. The number of benzene rings is 2. The van der Waals surface area contributed by atoms with Crippen LogP contribution < -0.4 is 4.18 Å². The number of aliphatic hydroxyl groups excluding tert-OH is 3. The van der Waals surface area contributed by atoms with Gasteiger partial charge < -0.3 is 24.2 Å². The number of carbonyl (C=O) groups is 1. The van der Waals surface area contributed by atoms with E-state index in [0.717, 1.165) is 12.1 Å². The van der Waals surface area contributed by atoms with Crippen molar-refractivity contribution in [3.8, 4) is 11.8 Å². The molecule has 1 saturated heterocycles. The van der Waals surface area contributed by atoms with Crippen molar-refractivity contribution in [3.05, 3.63) is 64.7 Å². The van der Waals surface area contributed by atoms with Crippen molar-refractivity contribution in [1.29, 1.82) is 5.26 Å². The van der Waals surface area contributed by atoms with Gasteiger partial charge in [-0.1, -0.05) is 24.3 Å². The lowest BCUT2D eigenvalue weighted by atomic mass is 9.90. The predicted octanol–water partition coefficient (Wildman–Crippen LogP) is 1.10. The number of ketones is 1. The molecule has 0 radical (unpaired) electrons. The molecule has 2 aromatic rings. The number of halogens is 3. The minimum absolute atomic E-state index is 0.0752. The molecular weight excluding hydrogens is 483 g/mol. The summed E-state index contributed by atoms with van der Waals surface area (Å²) < 4.78 is 69.1. The van der Waals surface area contributed by atoms with Crippen LogP contribution in [0.1, 0.15) is 28.4 Å². The first-order valence-corrected chi connectivity index (χ1v) is 11.1. The van der Waals surface area contributed by atoms with Gasteiger partial charge in [0.15, 0.2) is 5.78 Å². The van der Waals surface area contributed by atoms with Crippen LogP contribution in [0.5, 0.6) is 5.75 Å². The standard InChI is InChI=1S/C21H18F3NO8S/c22-21(23,24)34(30,31)33-15-5-1-11(2-6-15)7-14-8-12(3-4-13(14)9-25)20-19(29)18(28)17(27)16(10-26)32-20/h1-6,8,16-17,19-20,26-27,29H,7,10H2/t16-,17-,19-,20+/m1/s1. The number of Topliss-reactive ketones (excluding diaryl/α,β-unsaturated/α-hetero) is 1. The van der Waals surface area contributed by atoms with E-state index < -0.39 is 58.2 Å². The summed E-state index contributed by atoms with van der Waals surface area (Å²) in [6.45, 7) is -0.669. The van der Waals surface area contributed by atoms with Crippen LogP contribution in [0.2, 0.25) is 0 Å². The maximum absolute atomic E-state index is 12.5. The minimum atomic E-state index is -5.82. The summed E-state index contributed by atoms with van der Waals surface area (Å²) in [5, 5.41) is 38.8. The first kappa shape index (κ1) is 25.6. The number of nitrogens with zero attached hydrogens (tertiary/aromatic N) is 1. The maximum Gasteiger partial charge on any atom is 0.534 e. The molecule has 0 bridgehead atoms. The van der Waals surface area contributed by atoms with Crippen molar-refractivity contribution in [2.24, 2.45) is 0 Å². The molecule has 9 nitrogen and oxygen atoms in total. The first-order valence-electron chi connectivity index (χ1n) is 9.66. The minimum Gasteiger partial charge on any atom is -0.394 e. The lowest BCUT2D eigenvalue weighted by Crippen LogP contribution is -2.52. The largest absolute Gasteiger partial charge is 0.534 e. The third kappa shape index (κ3) is 5.21. The highest BCUT2D eigenvalue weighted by Crippen LogP contribution is 2.32. The van der Waals surface area contributed by atoms with Crippen LogP contribution >= 0.6 is 0 Å². The van der Waals surface area contributed by atoms with Crippen LogP contribution in [0.25, 0.3) is 0 Å². The Kier molecular flexibility index (Phi) is 7.29. The summed E-state index contributed by atoms with van der Waals surface area (Å²) in [7, 11) is -5.82. The maximum atomic E-state index is 12.5. The lowest BCUT2D eigenvalue weighted by molar-refractivity contribution is -0.189. The van der Waals surface area contributed by atoms with Gasteiger partial charge in [0, 0.05) is 0 Å². The van der Waals surface area contributed by atoms with Crippen molar-refractivity contribution in [2.75, 3.05) is 6.61 Å². The Bertz CT molecular complexity index is 1210. The molecular formula is C21H18F3NO8S. The molecule has 1 fully saturated rings. The Hall–Kier alpha value is -3.02. The number of ether oxygens (including phenoxy) is 1. The average Bonchev–Trinajstić information content (AvgIpc) is 2.78. The molecule has 0 amide bonds. The van der Waals surface area contributed by atoms with Gasteiger partial charge >= 0.3 is 15.6 Å². The van der Waals surface area contributed by atoms with Gasteiger partial charge in [0.1, 0.15) is 30.2 Å². The Balaban J connectivity index is 1.85. The van der Waals surface area contributed by atoms with Gasteiger partial charge in [-0.25, -0.2) is 0 Å². The normalized spacial score (nSPS) is 23.4. The van der Waals surface area contributed by atoms with Gasteiger partial charge in [0.2, 0.25) is 0 Å². The Morgan fingerprint density at radius 1 is 1.09 bits per heavy atom. The summed E-state index contributed by atoms with van der Waals surface area (Å²) in [5.41, 5.74) is -4.18. The molecule has 0 aromatic heterocycles. The van der Waals surface area contributed by atoms with E-state index in [0.29, 0.717) is 11.1 Å². The van der Waals surface area contributed by atoms with Gasteiger partial charge in [0.05, 0.1) is 18.2 Å². The van der Waals surface area contributed by atoms with Crippen LogP contribution in [-0.4, -0.2) is 59.9 Å². The fourth-order valence-corrected chi connectivity index (χ4v) is 3.81. The SMILES string of the molecule is N#Cc1ccc([C@@H]2O[C@H](CO)[C@@H](O)C(=O)[C@H]2O)cc1Cc1ccc(OS(=O)(=O)C(F)(F)F)cc1. The first-order chi connectivity index (χ1) is 15.9. The average molecular weight is 501 g/mol. The second-order valence-electron chi connectivity index (χ2n) is 7.40. The molecule has 182 valence electrons. The van der Waals surface area contributed by atoms with Crippen LogP contribution in [0.3, 0.4) is 0 Å². The second-order valence-corrected chi connectivity index (χ2v) is 8.94. The van der Waals surface area contributed by atoms with E-state index in [-0.39, 0.29) is 17.5 Å². The molecule has 13 heteroatoms. The number of alkyl halides is 3. The topological polar surface area (TPSA) is 154 Å². The molecule has 0 spiro atoms. The van der Waals surface area contributed by atoms with E-state index in [4.69, 9.17) is 4.74 Å². The van der Waals surface area contributed by atoms with Crippen LogP contribution in [0, 0.1) is 11.3 Å². The summed E-state index contributed by atoms with van der Waals surface area (Å²) in [5.74, 6) is -1.48. The van der Waals surface area contributed by atoms with Crippen LogP contribution in [-0.2, 0) is 26.1 Å². The number of hydrogen-bond acceptors (Lipinski definition) is 9. The Labute approximate surface area is 191 Å². The van der Waals surface area contributed by atoms with Crippen LogP contribution in [0.15, 0.2) is 42.5 Å². The highest BCUT2D eigenvalue weighted by Gasteiger charge is 2.48. The van der Waals surface area contributed by atoms with E-state index in [1.807, 2.05) is 6.07 Å². The highest BCUT2D eigenvalue weighted by molar-refractivity contribution is 7.88. The van der Waals surface area contributed by atoms with E-state index in [2.05, 4.69) is 4.18 Å². The number of carbonyl (C=O) groups excluding carboxylic acids is 1. The molecule has 4 atom stereocenters. The molecule has 3 rings (SSSR count). The zero-order valence-corrected chi connectivity index (χ0v) is 18.0. The van der Waals surface area contributed by atoms with Crippen LogP contribution in [0.4, 0.5) is 13.2 Å². The lowest BCUT2D eigenvalue weighted by Gasteiger charge is -2.35. The molecule has 34 heavy (non-hydrogen) atoms. The third-order valence-corrected chi connectivity index (χ3v) is 6.09. The Morgan fingerprint density at radius 2 is 1.74 bits per heavy atom. The zero-order chi connectivity index (χ0) is 25.3. The molecule has 2 aromatic carbocycles. The molecule has 1 aliphatic heterocycles. The Morgan fingerprint density at radius 3 is 2.29 bits per heavy atom. The van der Waals surface area contributed by atoms with Crippen molar-refractivity contribution in [1.82, 2.24) is 0 Å². The summed E-state index contributed by atoms with van der Waals surface area (Å²) in [4.78, 5) is 12.1. The summed E-state index contributed by atoms with van der Waals surface area (Å²) in [6, 6.07) is 11.0. The number of rotatable bonds is 6. The zero-order valence-electron chi connectivity index (χ0n) is 17.1. The predicted molar refractivity (Wildman–Crippen MR) is 108 cm³/mol. The number of hydrogen-bond donors (Lipinski definition) is 3. The van der Waals surface area contributed by atoms with E-state index >= 15 is 0 Å². The van der Waals surface area contributed by atoms with Crippen molar-refractivity contribution in [2.45, 2.75) is 36.3 Å². The number of aliphatic hydroxyl groups is 3. The van der Waals surface area contributed by atoms with Gasteiger partial charge in [-0.3, -0.25) is 4.79 Å². The molecule has 3 N–H and O–H groups in total. The smallest absolute Gasteiger partial charge is 0.394 e. The molecule has 1 heterocycles. The summed E-state index contributed by atoms with van der Waals surface area (Å²) in [6.07, 6.45) is -5.81. The summed E-state index contributed by atoms with van der Waals surface area (Å²) >= 11 is 0. The van der Waals surface area contributed by atoms with E-state index in [9.17, 15) is 47.0 Å². The van der Waals surface area contributed by atoms with Gasteiger partial charge in [-0.15, -0.1) is 0 Å². The fourth-order valence-electron chi connectivity index (χ4n) is 3.35. The fraction of sp³-hybridized carbons (Fsp3) is 0.333.